The lowest BCUT2D eigenvalue weighted by Gasteiger charge is -2.37. The van der Waals surface area contributed by atoms with Gasteiger partial charge in [0.1, 0.15) is 0 Å². The first-order chi connectivity index (χ1) is 9.13. The molecule has 19 heavy (non-hydrogen) atoms. The van der Waals surface area contributed by atoms with Gasteiger partial charge in [-0.3, -0.25) is 4.90 Å². The van der Waals surface area contributed by atoms with Crippen molar-refractivity contribution >= 4 is 0 Å². The fourth-order valence-corrected chi connectivity index (χ4v) is 2.48. The molecule has 1 fully saturated rings. The van der Waals surface area contributed by atoms with Crippen LogP contribution in [0.3, 0.4) is 0 Å². The molecule has 2 unspecified atom stereocenters. The van der Waals surface area contributed by atoms with Crippen LogP contribution in [0.2, 0.25) is 0 Å². The van der Waals surface area contributed by atoms with Crippen LogP contribution in [0.5, 0.6) is 0 Å². The summed E-state index contributed by atoms with van der Waals surface area (Å²) in [6.07, 6.45) is 0.0952. The minimum Gasteiger partial charge on any atom is -0.374 e. The van der Waals surface area contributed by atoms with Crippen LogP contribution in [0.4, 0.5) is 8.78 Å². The summed E-state index contributed by atoms with van der Waals surface area (Å²) in [7, 11) is 1.87. The highest BCUT2D eigenvalue weighted by molar-refractivity contribution is 5.22. The van der Waals surface area contributed by atoms with E-state index >= 15 is 0 Å². The molecule has 0 aromatic heterocycles. The number of ether oxygens (including phenoxy) is 1. The van der Waals surface area contributed by atoms with Gasteiger partial charge in [-0.2, -0.15) is 0 Å². The van der Waals surface area contributed by atoms with E-state index < -0.39 is 11.6 Å². The van der Waals surface area contributed by atoms with Crippen molar-refractivity contribution in [3.63, 3.8) is 0 Å². The zero-order valence-electron chi connectivity index (χ0n) is 11.3. The molecule has 2 atom stereocenters. The summed E-state index contributed by atoms with van der Waals surface area (Å²) < 4.78 is 32.7. The first kappa shape index (κ1) is 14.4. The molecule has 5 heteroatoms. The summed E-state index contributed by atoms with van der Waals surface area (Å²) in [6, 6.07) is 4.19. The second kappa shape index (κ2) is 6.41. The molecule has 1 aliphatic rings. The molecular weight excluding hydrogens is 250 g/mol. The van der Waals surface area contributed by atoms with Gasteiger partial charge in [0.15, 0.2) is 11.6 Å². The minimum absolute atomic E-state index is 0.0952. The molecule has 1 heterocycles. The second-order valence-electron chi connectivity index (χ2n) is 4.86. The predicted octanol–water partition coefficient (Wildman–Crippen LogP) is 1.95. The molecule has 1 N–H and O–H groups in total. The van der Waals surface area contributed by atoms with E-state index in [-0.39, 0.29) is 12.1 Å². The molecule has 0 bridgehead atoms. The van der Waals surface area contributed by atoms with E-state index in [1.54, 1.807) is 12.1 Å². The Hall–Kier alpha value is -1.04. The largest absolute Gasteiger partial charge is 0.374 e. The highest BCUT2D eigenvalue weighted by Gasteiger charge is 2.26. The Bertz CT molecular complexity index is 426. The van der Waals surface area contributed by atoms with Gasteiger partial charge >= 0.3 is 0 Å². The summed E-state index contributed by atoms with van der Waals surface area (Å²) in [5, 5.41) is 3.07. The van der Waals surface area contributed by atoms with Gasteiger partial charge in [-0.1, -0.05) is 12.1 Å². The van der Waals surface area contributed by atoms with E-state index in [1.807, 2.05) is 14.0 Å². The lowest BCUT2D eigenvalue weighted by atomic mass is 10.0. The van der Waals surface area contributed by atoms with Crippen LogP contribution >= 0.6 is 0 Å². The molecule has 0 spiro atoms. The summed E-state index contributed by atoms with van der Waals surface area (Å²) in [4.78, 5) is 2.13. The number of benzene rings is 1. The molecule has 3 nitrogen and oxygen atoms in total. The zero-order valence-corrected chi connectivity index (χ0v) is 11.3. The van der Waals surface area contributed by atoms with Gasteiger partial charge in [0, 0.05) is 31.2 Å². The fraction of sp³-hybridized carbons (Fsp3) is 0.571. The van der Waals surface area contributed by atoms with Crippen molar-refractivity contribution in [2.45, 2.75) is 19.1 Å². The summed E-state index contributed by atoms with van der Waals surface area (Å²) in [5.74, 6) is -1.53. The van der Waals surface area contributed by atoms with Crippen molar-refractivity contribution in [2.24, 2.45) is 0 Å². The van der Waals surface area contributed by atoms with Crippen molar-refractivity contribution in [2.75, 3.05) is 33.3 Å². The Balaban J connectivity index is 2.10. The fourth-order valence-electron chi connectivity index (χ4n) is 2.48. The second-order valence-corrected chi connectivity index (χ2v) is 4.86. The maximum atomic E-state index is 13.8. The average Bonchev–Trinajstić information content (AvgIpc) is 2.42. The molecular formula is C14H20F2N2O. The SMILES string of the molecule is CNCC1CN(C(C)c2cccc(F)c2F)CCO1. The first-order valence-electron chi connectivity index (χ1n) is 6.57. The number of nitrogens with zero attached hydrogens (tertiary/aromatic N) is 1. The smallest absolute Gasteiger partial charge is 0.163 e. The number of likely N-dealkylation sites (N-methyl/N-ethyl adjacent to an activating group) is 1. The Morgan fingerprint density at radius 2 is 2.26 bits per heavy atom. The first-order valence-corrected chi connectivity index (χ1v) is 6.57. The third kappa shape index (κ3) is 3.29. The van der Waals surface area contributed by atoms with Gasteiger partial charge in [-0.25, -0.2) is 8.78 Å². The van der Waals surface area contributed by atoms with Crippen molar-refractivity contribution in [3.05, 3.63) is 35.4 Å². The molecule has 1 saturated heterocycles. The quantitative estimate of drug-likeness (QED) is 0.905. The van der Waals surface area contributed by atoms with Crippen LogP contribution in [0.25, 0.3) is 0 Å². The van der Waals surface area contributed by atoms with Crippen LogP contribution in [0, 0.1) is 11.6 Å². The highest BCUT2D eigenvalue weighted by atomic mass is 19.2. The van der Waals surface area contributed by atoms with Crippen molar-refractivity contribution in [1.82, 2.24) is 10.2 Å². The van der Waals surface area contributed by atoms with Crippen LogP contribution in [0.1, 0.15) is 18.5 Å². The van der Waals surface area contributed by atoms with Gasteiger partial charge in [0.2, 0.25) is 0 Å². The summed E-state index contributed by atoms with van der Waals surface area (Å²) in [6.45, 7) is 4.73. The maximum Gasteiger partial charge on any atom is 0.163 e. The molecule has 0 radical (unpaired) electrons. The lowest BCUT2D eigenvalue weighted by molar-refractivity contribution is -0.0397. The van der Waals surface area contributed by atoms with Crippen molar-refractivity contribution in [1.29, 1.82) is 0 Å². The van der Waals surface area contributed by atoms with Crippen LogP contribution in [-0.4, -0.2) is 44.3 Å². The van der Waals surface area contributed by atoms with E-state index in [1.165, 1.54) is 0 Å². The van der Waals surface area contributed by atoms with Crippen LogP contribution in [-0.2, 0) is 4.74 Å². The van der Waals surface area contributed by atoms with E-state index in [0.29, 0.717) is 12.2 Å². The van der Waals surface area contributed by atoms with E-state index in [4.69, 9.17) is 4.74 Å². The Kier molecular flexibility index (Phi) is 4.85. The third-order valence-electron chi connectivity index (χ3n) is 3.58. The molecule has 1 aliphatic heterocycles. The number of hydrogen-bond acceptors (Lipinski definition) is 3. The Morgan fingerprint density at radius 1 is 1.47 bits per heavy atom. The van der Waals surface area contributed by atoms with E-state index in [2.05, 4.69) is 10.2 Å². The molecule has 0 amide bonds. The highest BCUT2D eigenvalue weighted by Crippen LogP contribution is 2.25. The van der Waals surface area contributed by atoms with Gasteiger partial charge in [0.05, 0.1) is 12.7 Å². The third-order valence-corrected chi connectivity index (χ3v) is 3.58. The maximum absolute atomic E-state index is 13.8. The van der Waals surface area contributed by atoms with Crippen molar-refractivity contribution in [3.8, 4) is 0 Å². The molecule has 0 saturated carbocycles. The number of hydrogen-bond donors (Lipinski definition) is 1. The van der Waals surface area contributed by atoms with E-state index in [0.717, 1.165) is 25.7 Å². The molecule has 0 aliphatic carbocycles. The van der Waals surface area contributed by atoms with E-state index in [9.17, 15) is 8.78 Å². The van der Waals surface area contributed by atoms with Crippen LogP contribution < -0.4 is 5.32 Å². The normalized spacial score (nSPS) is 22.4. The number of halogens is 2. The number of rotatable bonds is 4. The average molecular weight is 270 g/mol. The summed E-state index contributed by atoms with van der Waals surface area (Å²) in [5.41, 5.74) is 0.408. The van der Waals surface area contributed by atoms with Gasteiger partial charge in [-0.15, -0.1) is 0 Å². The molecule has 1 aromatic rings. The molecule has 2 rings (SSSR count). The molecule has 106 valence electrons. The lowest BCUT2D eigenvalue weighted by Crippen LogP contribution is -2.47. The molecule has 1 aromatic carbocycles. The summed E-state index contributed by atoms with van der Waals surface area (Å²) >= 11 is 0. The monoisotopic (exact) mass is 270 g/mol. The van der Waals surface area contributed by atoms with Gasteiger partial charge in [0.25, 0.3) is 0 Å². The van der Waals surface area contributed by atoms with Crippen molar-refractivity contribution < 1.29 is 13.5 Å². The predicted molar refractivity (Wildman–Crippen MR) is 70.0 cm³/mol. The minimum atomic E-state index is -0.788. The topological polar surface area (TPSA) is 24.5 Å². The Morgan fingerprint density at radius 3 is 3.00 bits per heavy atom. The standard InChI is InChI=1S/C14H20F2N2O/c1-10(12-4-3-5-13(15)14(12)16)18-6-7-19-11(9-18)8-17-2/h3-5,10-11,17H,6-9H2,1-2H3. The number of nitrogens with one attached hydrogen (secondary N) is 1. The van der Waals surface area contributed by atoms with Gasteiger partial charge < -0.3 is 10.1 Å². The zero-order chi connectivity index (χ0) is 13.8. The van der Waals surface area contributed by atoms with Crippen LogP contribution in [0.15, 0.2) is 18.2 Å². The van der Waals surface area contributed by atoms with Gasteiger partial charge in [-0.05, 0) is 20.0 Å². The number of morpholine rings is 1. The Labute approximate surface area is 112 Å².